The van der Waals surface area contributed by atoms with Gasteiger partial charge < -0.3 is 15.8 Å². The van der Waals surface area contributed by atoms with Gasteiger partial charge in [0.15, 0.2) is 6.61 Å². The Hall–Kier alpha value is -1.71. The van der Waals surface area contributed by atoms with Crippen molar-refractivity contribution in [3.8, 4) is 5.75 Å². The van der Waals surface area contributed by atoms with E-state index in [9.17, 15) is 4.79 Å². The Balaban J connectivity index is 2.30. The minimum atomic E-state index is -0.112. The number of benzene rings is 1. The van der Waals surface area contributed by atoms with Crippen LogP contribution in [-0.2, 0) is 4.79 Å². The summed E-state index contributed by atoms with van der Waals surface area (Å²) in [5.74, 6) is 1.09. The lowest BCUT2D eigenvalue weighted by Gasteiger charge is -2.15. The standard InChI is InChI=1S/C15H24N2O2/c1-11(2)8-9-12(3)17-15(18)10-19-14-7-5-4-6-13(14)16/h4-7,11-12H,8-10,16H2,1-3H3,(H,17,18). The molecule has 1 rings (SSSR count). The lowest BCUT2D eigenvalue weighted by molar-refractivity contribution is -0.123. The second kappa shape index (κ2) is 7.67. The molecule has 19 heavy (non-hydrogen) atoms. The molecule has 0 aromatic heterocycles. The van der Waals surface area contributed by atoms with Crippen LogP contribution in [0.3, 0.4) is 0 Å². The van der Waals surface area contributed by atoms with Crippen LogP contribution in [0.2, 0.25) is 0 Å². The van der Waals surface area contributed by atoms with E-state index in [2.05, 4.69) is 19.2 Å². The number of rotatable bonds is 7. The summed E-state index contributed by atoms with van der Waals surface area (Å²) in [7, 11) is 0. The number of nitrogen functional groups attached to an aromatic ring is 1. The Bertz CT molecular complexity index is 405. The van der Waals surface area contributed by atoms with Crippen molar-refractivity contribution in [2.75, 3.05) is 12.3 Å². The Morgan fingerprint density at radius 1 is 1.26 bits per heavy atom. The van der Waals surface area contributed by atoms with E-state index in [0.29, 0.717) is 17.4 Å². The van der Waals surface area contributed by atoms with Gasteiger partial charge in [-0.2, -0.15) is 0 Å². The molecule has 1 unspecified atom stereocenters. The van der Waals surface area contributed by atoms with Crippen LogP contribution in [0.1, 0.15) is 33.6 Å². The molecular formula is C15H24N2O2. The molecule has 0 fully saturated rings. The molecule has 1 aromatic rings. The van der Waals surface area contributed by atoms with Gasteiger partial charge in [0, 0.05) is 6.04 Å². The van der Waals surface area contributed by atoms with E-state index < -0.39 is 0 Å². The molecular weight excluding hydrogens is 240 g/mol. The molecule has 0 radical (unpaired) electrons. The average Bonchev–Trinajstić information content (AvgIpc) is 2.35. The third kappa shape index (κ3) is 6.13. The highest BCUT2D eigenvalue weighted by molar-refractivity contribution is 5.78. The van der Waals surface area contributed by atoms with E-state index in [0.717, 1.165) is 12.8 Å². The normalized spacial score (nSPS) is 12.2. The van der Waals surface area contributed by atoms with Gasteiger partial charge in [-0.1, -0.05) is 26.0 Å². The maximum Gasteiger partial charge on any atom is 0.258 e. The highest BCUT2D eigenvalue weighted by Gasteiger charge is 2.09. The van der Waals surface area contributed by atoms with Crippen molar-refractivity contribution in [1.29, 1.82) is 0 Å². The summed E-state index contributed by atoms with van der Waals surface area (Å²) < 4.78 is 5.39. The third-order valence-electron chi connectivity index (χ3n) is 2.86. The Labute approximate surface area is 115 Å². The van der Waals surface area contributed by atoms with Crippen LogP contribution in [-0.4, -0.2) is 18.6 Å². The summed E-state index contributed by atoms with van der Waals surface area (Å²) in [6.45, 7) is 6.36. The molecule has 4 nitrogen and oxygen atoms in total. The minimum Gasteiger partial charge on any atom is -0.482 e. The molecule has 0 spiro atoms. The largest absolute Gasteiger partial charge is 0.482 e. The van der Waals surface area contributed by atoms with Crippen molar-refractivity contribution in [1.82, 2.24) is 5.32 Å². The van der Waals surface area contributed by atoms with Gasteiger partial charge in [0.05, 0.1) is 5.69 Å². The Morgan fingerprint density at radius 3 is 2.58 bits per heavy atom. The number of nitrogens with one attached hydrogen (secondary N) is 1. The first-order chi connectivity index (χ1) is 8.99. The number of para-hydroxylation sites is 2. The van der Waals surface area contributed by atoms with Crippen LogP contribution in [0.15, 0.2) is 24.3 Å². The van der Waals surface area contributed by atoms with Gasteiger partial charge >= 0.3 is 0 Å². The van der Waals surface area contributed by atoms with Crippen molar-refractivity contribution in [2.45, 2.75) is 39.7 Å². The highest BCUT2D eigenvalue weighted by atomic mass is 16.5. The van der Waals surface area contributed by atoms with Gasteiger partial charge in [0.2, 0.25) is 0 Å². The topological polar surface area (TPSA) is 64.3 Å². The highest BCUT2D eigenvalue weighted by Crippen LogP contribution is 2.19. The predicted molar refractivity (Wildman–Crippen MR) is 78.0 cm³/mol. The van der Waals surface area contributed by atoms with Crippen LogP contribution in [0.25, 0.3) is 0 Å². The summed E-state index contributed by atoms with van der Waals surface area (Å²) in [6.07, 6.45) is 2.09. The molecule has 4 heteroatoms. The minimum absolute atomic E-state index is 0.000230. The Kier molecular flexibility index (Phi) is 6.19. The molecule has 0 aliphatic carbocycles. The Morgan fingerprint density at radius 2 is 1.95 bits per heavy atom. The zero-order valence-corrected chi connectivity index (χ0v) is 12.0. The SMILES string of the molecule is CC(C)CCC(C)NC(=O)COc1ccccc1N. The molecule has 0 heterocycles. The number of hydrogen-bond donors (Lipinski definition) is 2. The quantitative estimate of drug-likeness (QED) is 0.744. The number of carbonyl (C=O) groups excluding carboxylic acids is 1. The van der Waals surface area contributed by atoms with Gasteiger partial charge in [0.25, 0.3) is 5.91 Å². The van der Waals surface area contributed by atoms with Crippen molar-refractivity contribution < 1.29 is 9.53 Å². The molecule has 106 valence electrons. The molecule has 0 aliphatic rings. The monoisotopic (exact) mass is 264 g/mol. The van der Waals surface area contributed by atoms with Crippen molar-refractivity contribution >= 4 is 11.6 Å². The molecule has 0 aliphatic heterocycles. The van der Waals surface area contributed by atoms with E-state index in [1.807, 2.05) is 19.1 Å². The number of carbonyl (C=O) groups is 1. The number of anilines is 1. The van der Waals surface area contributed by atoms with E-state index in [4.69, 9.17) is 10.5 Å². The molecule has 1 atom stereocenters. The maximum absolute atomic E-state index is 11.7. The van der Waals surface area contributed by atoms with E-state index in [-0.39, 0.29) is 18.6 Å². The van der Waals surface area contributed by atoms with Crippen LogP contribution in [0, 0.1) is 5.92 Å². The van der Waals surface area contributed by atoms with Crippen LogP contribution in [0.4, 0.5) is 5.69 Å². The zero-order valence-electron chi connectivity index (χ0n) is 12.0. The fourth-order valence-corrected chi connectivity index (χ4v) is 1.73. The van der Waals surface area contributed by atoms with E-state index in [1.54, 1.807) is 12.1 Å². The third-order valence-corrected chi connectivity index (χ3v) is 2.86. The molecule has 1 aromatic carbocycles. The van der Waals surface area contributed by atoms with Gasteiger partial charge in [-0.15, -0.1) is 0 Å². The van der Waals surface area contributed by atoms with Crippen molar-refractivity contribution in [3.63, 3.8) is 0 Å². The van der Waals surface area contributed by atoms with Crippen molar-refractivity contribution in [3.05, 3.63) is 24.3 Å². The molecule has 1 amide bonds. The van der Waals surface area contributed by atoms with Gasteiger partial charge in [0.1, 0.15) is 5.75 Å². The summed E-state index contributed by atoms with van der Waals surface area (Å²) in [4.78, 5) is 11.7. The molecule has 0 bridgehead atoms. The summed E-state index contributed by atoms with van der Waals surface area (Å²) in [6, 6.07) is 7.33. The van der Waals surface area contributed by atoms with E-state index >= 15 is 0 Å². The summed E-state index contributed by atoms with van der Waals surface area (Å²) in [5.41, 5.74) is 6.28. The first kappa shape index (κ1) is 15.3. The van der Waals surface area contributed by atoms with Crippen molar-refractivity contribution in [2.24, 2.45) is 5.92 Å². The number of ether oxygens (including phenoxy) is 1. The molecule has 3 N–H and O–H groups in total. The van der Waals surface area contributed by atoms with Crippen LogP contribution < -0.4 is 15.8 Å². The van der Waals surface area contributed by atoms with Gasteiger partial charge in [-0.25, -0.2) is 0 Å². The maximum atomic E-state index is 11.7. The lowest BCUT2D eigenvalue weighted by Crippen LogP contribution is -2.36. The van der Waals surface area contributed by atoms with Gasteiger partial charge in [-0.3, -0.25) is 4.79 Å². The average molecular weight is 264 g/mol. The lowest BCUT2D eigenvalue weighted by atomic mass is 10.0. The zero-order chi connectivity index (χ0) is 14.3. The summed E-state index contributed by atoms with van der Waals surface area (Å²) in [5, 5.41) is 2.92. The first-order valence-corrected chi connectivity index (χ1v) is 6.75. The van der Waals surface area contributed by atoms with Crippen LogP contribution >= 0.6 is 0 Å². The van der Waals surface area contributed by atoms with Crippen LogP contribution in [0.5, 0.6) is 5.75 Å². The number of amides is 1. The first-order valence-electron chi connectivity index (χ1n) is 6.75. The van der Waals surface area contributed by atoms with Gasteiger partial charge in [-0.05, 0) is 37.8 Å². The molecule has 0 saturated carbocycles. The second-order valence-corrected chi connectivity index (χ2v) is 5.27. The fourth-order valence-electron chi connectivity index (χ4n) is 1.73. The number of hydrogen-bond acceptors (Lipinski definition) is 3. The number of nitrogens with two attached hydrogens (primary N) is 1. The fraction of sp³-hybridized carbons (Fsp3) is 0.533. The smallest absolute Gasteiger partial charge is 0.258 e. The second-order valence-electron chi connectivity index (χ2n) is 5.27. The van der Waals surface area contributed by atoms with E-state index in [1.165, 1.54) is 0 Å². The molecule has 0 saturated heterocycles. The summed E-state index contributed by atoms with van der Waals surface area (Å²) >= 11 is 0. The predicted octanol–water partition coefficient (Wildman–Crippen LogP) is 2.59.